The van der Waals surface area contributed by atoms with Gasteiger partial charge >= 0.3 is 5.97 Å². The van der Waals surface area contributed by atoms with Gasteiger partial charge in [-0.05, 0) is 30.2 Å². The van der Waals surface area contributed by atoms with Gasteiger partial charge in [-0.1, -0.05) is 30.3 Å². The third-order valence-corrected chi connectivity index (χ3v) is 3.52. The summed E-state index contributed by atoms with van der Waals surface area (Å²) >= 11 is 0. The van der Waals surface area contributed by atoms with Crippen LogP contribution in [0.4, 0.5) is 5.69 Å². The quantitative estimate of drug-likeness (QED) is 0.909. The van der Waals surface area contributed by atoms with Crippen LogP contribution in [-0.2, 0) is 6.42 Å². The first-order valence-corrected chi connectivity index (χ1v) is 6.40. The summed E-state index contributed by atoms with van der Waals surface area (Å²) in [5.41, 5.74) is 2.28. The van der Waals surface area contributed by atoms with Crippen LogP contribution in [0.2, 0.25) is 0 Å². The number of carbonyl (C=O) groups is 2. The Morgan fingerprint density at radius 2 is 1.75 bits per heavy atom. The van der Waals surface area contributed by atoms with Crippen molar-refractivity contribution in [1.82, 2.24) is 0 Å². The van der Waals surface area contributed by atoms with E-state index in [-0.39, 0.29) is 11.5 Å². The molecule has 1 N–H and O–H groups in total. The van der Waals surface area contributed by atoms with Crippen molar-refractivity contribution in [2.45, 2.75) is 6.42 Å². The smallest absolute Gasteiger partial charge is 0.337 e. The molecule has 0 radical (unpaired) electrons. The number of hydrogen-bond donors (Lipinski definition) is 1. The zero-order chi connectivity index (χ0) is 14.1. The van der Waals surface area contributed by atoms with Gasteiger partial charge in [0.15, 0.2) is 0 Å². The molecule has 0 atom stereocenters. The van der Waals surface area contributed by atoms with Crippen molar-refractivity contribution in [3.05, 3.63) is 65.2 Å². The number of rotatable bonds is 2. The fraction of sp³-hybridized carbons (Fsp3) is 0.125. The molecular formula is C16H13NO3. The Bertz CT molecular complexity index is 694. The van der Waals surface area contributed by atoms with Crippen molar-refractivity contribution in [1.29, 1.82) is 0 Å². The molecule has 100 valence electrons. The zero-order valence-corrected chi connectivity index (χ0v) is 10.7. The fourth-order valence-electron chi connectivity index (χ4n) is 2.55. The molecule has 0 unspecified atom stereocenters. The monoisotopic (exact) mass is 267 g/mol. The van der Waals surface area contributed by atoms with Crippen LogP contribution in [0, 0.1) is 0 Å². The maximum Gasteiger partial charge on any atom is 0.337 e. The van der Waals surface area contributed by atoms with Crippen molar-refractivity contribution in [2.75, 3.05) is 11.4 Å². The van der Waals surface area contributed by atoms with Crippen LogP contribution >= 0.6 is 0 Å². The normalized spacial score (nSPS) is 14.0. The van der Waals surface area contributed by atoms with Crippen molar-refractivity contribution < 1.29 is 14.7 Å². The van der Waals surface area contributed by atoms with Crippen LogP contribution in [0.3, 0.4) is 0 Å². The van der Waals surface area contributed by atoms with Gasteiger partial charge in [0.05, 0.1) is 11.3 Å². The van der Waals surface area contributed by atoms with Crippen LogP contribution in [0.5, 0.6) is 0 Å². The standard InChI is InChI=1S/C16H13NO3/c18-15-12-6-2-1-5-11(12)9-10-17(15)14-8-4-3-7-13(14)16(19)20/h1-8H,9-10H2,(H,19,20). The maximum atomic E-state index is 12.5. The molecule has 20 heavy (non-hydrogen) atoms. The van der Waals surface area contributed by atoms with E-state index in [9.17, 15) is 14.7 Å². The van der Waals surface area contributed by atoms with Crippen molar-refractivity contribution in [3.8, 4) is 0 Å². The Morgan fingerprint density at radius 1 is 1.05 bits per heavy atom. The first-order valence-electron chi connectivity index (χ1n) is 6.40. The van der Waals surface area contributed by atoms with Crippen LogP contribution in [0.25, 0.3) is 0 Å². The summed E-state index contributed by atoms with van der Waals surface area (Å²) in [5.74, 6) is -1.16. The highest BCUT2D eigenvalue weighted by Crippen LogP contribution is 2.27. The van der Waals surface area contributed by atoms with Crippen molar-refractivity contribution in [3.63, 3.8) is 0 Å². The minimum atomic E-state index is -1.02. The van der Waals surface area contributed by atoms with Crippen LogP contribution in [0.1, 0.15) is 26.3 Å². The van der Waals surface area contributed by atoms with Gasteiger partial charge in [-0.3, -0.25) is 4.79 Å². The molecule has 0 saturated carbocycles. The molecule has 0 fully saturated rings. The third kappa shape index (κ3) is 1.95. The Balaban J connectivity index is 2.06. The molecule has 2 aromatic rings. The van der Waals surface area contributed by atoms with Gasteiger partial charge in [0.1, 0.15) is 0 Å². The number of nitrogens with zero attached hydrogens (tertiary/aromatic N) is 1. The molecule has 2 aromatic carbocycles. The predicted octanol–water partition coefficient (Wildman–Crippen LogP) is 2.59. The van der Waals surface area contributed by atoms with Crippen molar-refractivity contribution >= 4 is 17.6 Å². The second kappa shape index (κ2) is 4.81. The van der Waals surface area contributed by atoms with Gasteiger partial charge in [-0.25, -0.2) is 4.79 Å². The number of fused-ring (bicyclic) bond motifs is 1. The number of carbonyl (C=O) groups excluding carboxylic acids is 1. The molecule has 1 heterocycles. The summed E-state index contributed by atoms with van der Waals surface area (Å²) in [5, 5.41) is 9.24. The molecule has 4 heteroatoms. The van der Waals surface area contributed by atoms with E-state index in [1.807, 2.05) is 18.2 Å². The Kier molecular flexibility index (Phi) is 2.99. The van der Waals surface area contributed by atoms with Gasteiger partial charge in [-0.2, -0.15) is 0 Å². The minimum Gasteiger partial charge on any atom is -0.478 e. The van der Waals surface area contributed by atoms with Gasteiger partial charge in [-0.15, -0.1) is 0 Å². The molecule has 4 nitrogen and oxygen atoms in total. The third-order valence-electron chi connectivity index (χ3n) is 3.52. The molecule has 0 bridgehead atoms. The molecule has 3 rings (SSSR count). The second-order valence-corrected chi connectivity index (χ2v) is 4.69. The van der Waals surface area contributed by atoms with E-state index in [1.54, 1.807) is 29.2 Å². The van der Waals surface area contributed by atoms with E-state index in [4.69, 9.17) is 0 Å². The number of carboxylic acid groups (broad SMARTS) is 1. The number of benzene rings is 2. The summed E-state index contributed by atoms with van der Waals surface area (Å²) in [6.45, 7) is 0.500. The van der Waals surface area contributed by atoms with Crippen LogP contribution in [0.15, 0.2) is 48.5 Å². The van der Waals surface area contributed by atoms with Crippen LogP contribution in [-0.4, -0.2) is 23.5 Å². The van der Waals surface area contributed by atoms with E-state index in [1.165, 1.54) is 6.07 Å². The molecule has 0 saturated heterocycles. The van der Waals surface area contributed by atoms with Gasteiger partial charge in [0, 0.05) is 12.1 Å². The Morgan fingerprint density at radius 3 is 2.55 bits per heavy atom. The first-order chi connectivity index (χ1) is 9.68. The highest BCUT2D eigenvalue weighted by molar-refractivity contribution is 6.10. The van der Waals surface area contributed by atoms with Gasteiger partial charge in [0.25, 0.3) is 5.91 Å². The average Bonchev–Trinajstić information content (AvgIpc) is 2.48. The molecule has 1 aliphatic heterocycles. The number of carboxylic acids is 1. The number of para-hydroxylation sites is 1. The van der Waals surface area contributed by atoms with Gasteiger partial charge in [0.2, 0.25) is 0 Å². The first kappa shape index (κ1) is 12.4. The fourth-order valence-corrected chi connectivity index (χ4v) is 2.55. The van der Waals surface area contributed by atoms with Crippen LogP contribution < -0.4 is 4.90 Å². The van der Waals surface area contributed by atoms with E-state index < -0.39 is 5.97 Å². The highest BCUT2D eigenvalue weighted by atomic mass is 16.4. The largest absolute Gasteiger partial charge is 0.478 e. The van der Waals surface area contributed by atoms with E-state index in [2.05, 4.69) is 0 Å². The summed E-state index contributed by atoms with van der Waals surface area (Å²) in [6, 6.07) is 14.1. The number of anilines is 1. The molecule has 0 spiro atoms. The lowest BCUT2D eigenvalue weighted by Gasteiger charge is -2.29. The maximum absolute atomic E-state index is 12.5. The zero-order valence-electron chi connectivity index (χ0n) is 10.7. The molecule has 0 aliphatic carbocycles. The number of hydrogen-bond acceptors (Lipinski definition) is 2. The van der Waals surface area contributed by atoms with E-state index >= 15 is 0 Å². The summed E-state index contributed by atoms with van der Waals surface area (Å²) in [4.78, 5) is 25.4. The molecule has 1 amide bonds. The Labute approximate surface area is 116 Å². The van der Waals surface area contributed by atoms with E-state index in [0.29, 0.717) is 17.8 Å². The lowest BCUT2D eigenvalue weighted by atomic mass is 9.98. The summed E-state index contributed by atoms with van der Waals surface area (Å²) < 4.78 is 0. The lowest BCUT2D eigenvalue weighted by Crippen LogP contribution is -2.38. The minimum absolute atomic E-state index is 0.138. The average molecular weight is 267 g/mol. The second-order valence-electron chi connectivity index (χ2n) is 4.69. The van der Waals surface area contributed by atoms with E-state index in [0.717, 1.165) is 12.0 Å². The number of aromatic carboxylic acids is 1. The molecular weight excluding hydrogens is 254 g/mol. The number of amides is 1. The summed E-state index contributed by atoms with van der Waals surface area (Å²) in [6.07, 6.45) is 0.732. The van der Waals surface area contributed by atoms with Crippen molar-refractivity contribution in [2.24, 2.45) is 0 Å². The molecule has 1 aliphatic rings. The lowest BCUT2D eigenvalue weighted by molar-refractivity contribution is 0.0697. The Hall–Kier alpha value is -2.62. The van der Waals surface area contributed by atoms with Gasteiger partial charge < -0.3 is 10.0 Å². The SMILES string of the molecule is O=C(O)c1ccccc1N1CCc2ccccc2C1=O. The summed E-state index contributed by atoms with van der Waals surface area (Å²) in [7, 11) is 0. The predicted molar refractivity (Wildman–Crippen MR) is 75.2 cm³/mol. The topological polar surface area (TPSA) is 57.6 Å². The highest BCUT2D eigenvalue weighted by Gasteiger charge is 2.27. The molecule has 0 aromatic heterocycles.